The van der Waals surface area contributed by atoms with Crippen LogP contribution in [0.5, 0.6) is 0 Å². The summed E-state index contributed by atoms with van der Waals surface area (Å²) in [5.41, 5.74) is 2.47. The van der Waals surface area contributed by atoms with E-state index in [0.29, 0.717) is 18.5 Å². The van der Waals surface area contributed by atoms with Crippen molar-refractivity contribution in [2.24, 2.45) is 0 Å². The Morgan fingerprint density at radius 3 is 2.39 bits per heavy atom. The van der Waals surface area contributed by atoms with Crippen LogP contribution in [0.4, 0.5) is 10.6 Å². The summed E-state index contributed by atoms with van der Waals surface area (Å²) in [4.78, 5) is 39.6. The lowest BCUT2D eigenvalue weighted by molar-refractivity contribution is -0.136. The number of nitrogens with zero attached hydrogens (tertiary/aromatic N) is 2. The first-order valence-corrected chi connectivity index (χ1v) is 10.5. The molecule has 0 aliphatic rings. The third-order valence-electron chi connectivity index (χ3n) is 4.67. The lowest BCUT2D eigenvalue weighted by atomic mass is 10.0. The monoisotopic (exact) mass is 449 g/mol. The summed E-state index contributed by atoms with van der Waals surface area (Å²) in [7, 11) is 0. The van der Waals surface area contributed by atoms with Gasteiger partial charge in [0.05, 0.1) is 13.0 Å². The lowest BCUT2D eigenvalue weighted by Crippen LogP contribution is -2.28. The molecule has 0 fully saturated rings. The number of rotatable bonds is 7. The van der Waals surface area contributed by atoms with Crippen LogP contribution in [0.1, 0.15) is 43.0 Å². The van der Waals surface area contributed by atoms with E-state index in [1.807, 2.05) is 30.3 Å². The summed E-state index contributed by atoms with van der Waals surface area (Å²) in [6.07, 6.45) is 2.92. The van der Waals surface area contributed by atoms with Gasteiger partial charge in [0.25, 0.3) is 5.56 Å². The van der Waals surface area contributed by atoms with Gasteiger partial charge in [0.1, 0.15) is 11.4 Å². The van der Waals surface area contributed by atoms with Gasteiger partial charge in [-0.15, -0.1) is 0 Å². The Labute approximate surface area is 191 Å². The zero-order valence-corrected chi connectivity index (χ0v) is 18.9. The molecule has 0 aliphatic carbocycles. The van der Waals surface area contributed by atoms with Crippen LogP contribution in [-0.4, -0.2) is 32.3 Å². The predicted molar refractivity (Wildman–Crippen MR) is 124 cm³/mol. The van der Waals surface area contributed by atoms with Gasteiger partial charge in [0.15, 0.2) is 0 Å². The zero-order chi connectivity index (χ0) is 24.0. The summed E-state index contributed by atoms with van der Waals surface area (Å²) in [5.74, 6) is -0.860. The highest BCUT2D eigenvalue weighted by Gasteiger charge is 2.19. The number of nitrogens with one attached hydrogen (secondary N) is 1. The number of hydrogen-bond acceptors (Lipinski definition) is 5. The number of carboxylic acid groups (broad SMARTS) is 1. The topological polar surface area (TPSA) is 111 Å². The maximum absolute atomic E-state index is 12.1. The van der Waals surface area contributed by atoms with Crippen molar-refractivity contribution in [2.75, 3.05) is 5.32 Å². The molecule has 0 spiro atoms. The van der Waals surface area contributed by atoms with Gasteiger partial charge in [-0.1, -0.05) is 30.3 Å². The number of pyridine rings is 2. The van der Waals surface area contributed by atoms with Crippen molar-refractivity contribution in [2.45, 2.75) is 45.8 Å². The number of ether oxygens (including phenoxy) is 1. The second kappa shape index (κ2) is 10.1. The number of carboxylic acids is 1. The van der Waals surface area contributed by atoms with Crippen LogP contribution in [0.25, 0.3) is 0 Å². The fourth-order valence-electron chi connectivity index (χ4n) is 3.25. The molecule has 1 amide bonds. The molecule has 1 aromatic carbocycles. The summed E-state index contributed by atoms with van der Waals surface area (Å²) < 4.78 is 6.86. The van der Waals surface area contributed by atoms with Crippen LogP contribution in [0, 0.1) is 0 Å². The first-order valence-electron chi connectivity index (χ1n) is 10.5. The predicted octanol–water partition coefficient (Wildman–Crippen LogP) is 3.86. The fraction of sp³-hybridized carbons (Fsp3) is 0.280. The molecule has 8 heteroatoms. The molecule has 3 aromatic rings. The molecule has 0 saturated heterocycles. The molecule has 0 aliphatic heterocycles. The quantitative estimate of drug-likeness (QED) is 0.567. The highest BCUT2D eigenvalue weighted by molar-refractivity contribution is 5.85. The molecule has 0 saturated carbocycles. The standard InChI is InChI=1S/C25H27N3O5/c1-25(2,3)33-24(32)27-23-20(14-22(30)31)13-19(15-26-23)12-17-7-9-18(10-8-17)16-28-11-5-4-6-21(28)29/h4-11,13,15H,12,14,16H2,1-3H3,(H,30,31)(H,26,27,32). The van der Waals surface area contributed by atoms with Gasteiger partial charge in [-0.2, -0.15) is 0 Å². The average Bonchev–Trinajstić information content (AvgIpc) is 2.71. The Kier molecular flexibility index (Phi) is 7.27. The van der Waals surface area contributed by atoms with Crippen LogP contribution >= 0.6 is 0 Å². The summed E-state index contributed by atoms with van der Waals surface area (Å²) in [5, 5.41) is 11.8. The Morgan fingerprint density at radius 2 is 1.76 bits per heavy atom. The van der Waals surface area contributed by atoms with E-state index in [-0.39, 0.29) is 17.8 Å². The smallest absolute Gasteiger partial charge is 0.413 e. The minimum absolute atomic E-state index is 0.0568. The molecule has 0 radical (unpaired) electrons. The molecular formula is C25H27N3O5. The van der Waals surface area contributed by atoms with E-state index in [1.165, 1.54) is 6.07 Å². The molecule has 3 rings (SSSR count). The lowest BCUT2D eigenvalue weighted by Gasteiger charge is -2.20. The fourth-order valence-corrected chi connectivity index (χ4v) is 3.25. The van der Waals surface area contributed by atoms with Crippen molar-refractivity contribution in [3.63, 3.8) is 0 Å². The number of aromatic nitrogens is 2. The van der Waals surface area contributed by atoms with Crippen LogP contribution < -0.4 is 10.9 Å². The molecule has 0 bridgehead atoms. The van der Waals surface area contributed by atoms with E-state index in [4.69, 9.17) is 4.74 Å². The molecule has 172 valence electrons. The number of carbonyl (C=O) groups is 2. The Bertz CT molecular complexity index is 1190. The molecule has 2 N–H and O–H groups in total. The van der Waals surface area contributed by atoms with Crippen LogP contribution in [0.2, 0.25) is 0 Å². The van der Waals surface area contributed by atoms with Crippen LogP contribution in [0.15, 0.2) is 65.7 Å². The number of benzene rings is 1. The van der Waals surface area contributed by atoms with Gasteiger partial charge in [-0.25, -0.2) is 9.78 Å². The highest BCUT2D eigenvalue weighted by atomic mass is 16.6. The van der Waals surface area contributed by atoms with E-state index in [2.05, 4.69) is 10.3 Å². The van der Waals surface area contributed by atoms with Gasteiger partial charge in [0.2, 0.25) is 0 Å². The van der Waals surface area contributed by atoms with E-state index < -0.39 is 17.7 Å². The third-order valence-corrected chi connectivity index (χ3v) is 4.67. The molecule has 2 heterocycles. The van der Waals surface area contributed by atoms with E-state index in [0.717, 1.165) is 16.7 Å². The minimum atomic E-state index is -1.03. The zero-order valence-electron chi connectivity index (χ0n) is 18.9. The second-order valence-electron chi connectivity index (χ2n) is 8.71. The van der Waals surface area contributed by atoms with Gasteiger partial charge < -0.3 is 14.4 Å². The van der Waals surface area contributed by atoms with Crippen molar-refractivity contribution in [3.8, 4) is 0 Å². The minimum Gasteiger partial charge on any atom is -0.481 e. The number of hydrogen-bond donors (Lipinski definition) is 2. The Hall–Kier alpha value is -3.94. The van der Waals surface area contributed by atoms with Gasteiger partial charge in [-0.3, -0.25) is 14.9 Å². The van der Waals surface area contributed by atoms with E-state index >= 15 is 0 Å². The number of aliphatic carboxylic acids is 1. The summed E-state index contributed by atoms with van der Waals surface area (Å²) in [6, 6.07) is 14.6. The average molecular weight is 450 g/mol. The first-order chi connectivity index (χ1) is 15.6. The second-order valence-corrected chi connectivity index (χ2v) is 8.71. The maximum atomic E-state index is 12.1. The van der Waals surface area contributed by atoms with Gasteiger partial charge in [0, 0.05) is 24.0 Å². The van der Waals surface area contributed by atoms with Gasteiger partial charge >= 0.3 is 12.1 Å². The van der Waals surface area contributed by atoms with Gasteiger partial charge in [-0.05, 0) is 56.0 Å². The maximum Gasteiger partial charge on any atom is 0.413 e. The Morgan fingerprint density at radius 1 is 1.06 bits per heavy atom. The summed E-state index contributed by atoms with van der Waals surface area (Å²) in [6.45, 7) is 5.70. The highest BCUT2D eigenvalue weighted by Crippen LogP contribution is 2.19. The first kappa shape index (κ1) is 23.7. The van der Waals surface area contributed by atoms with Crippen LogP contribution in [-0.2, 0) is 28.9 Å². The van der Waals surface area contributed by atoms with Crippen molar-refractivity contribution in [3.05, 3.63) is 93.5 Å². The SMILES string of the molecule is CC(C)(C)OC(=O)Nc1ncc(Cc2ccc(Cn3ccccc3=O)cc2)cc1CC(=O)O. The van der Waals surface area contributed by atoms with Crippen molar-refractivity contribution in [1.82, 2.24) is 9.55 Å². The van der Waals surface area contributed by atoms with Crippen molar-refractivity contribution in [1.29, 1.82) is 0 Å². The molecule has 8 nitrogen and oxygen atoms in total. The largest absolute Gasteiger partial charge is 0.481 e. The molecular weight excluding hydrogens is 422 g/mol. The Balaban J connectivity index is 1.73. The molecule has 0 atom stereocenters. The van der Waals surface area contributed by atoms with E-state index in [1.54, 1.807) is 49.9 Å². The van der Waals surface area contributed by atoms with Crippen molar-refractivity contribution < 1.29 is 19.4 Å². The molecule has 0 unspecified atom stereocenters. The van der Waals surface area contributed by atoms with Crippen LogP contribution in [0.3, 0.4) is 0 Å². The third kappa shape index (κ3) is 7.31. The number of amides is 1. The number of anilines is 1. The van der Waals surface area contributed by atoms with Crippen molar-refractivity contribution >= 4 is 17.9 Å². The molecule has 33 heavy (non-hydrogen) atoms. The number of carbonyl (C=O) groups excluding carboxylic acids is 1. The normalized spacial score (nSPS) is 11.1. The summed E-state index contributed by atoms with van der Waals surface area (Å²) >= 11 is 0. The van der Waals surface area contributed by atoms with E-state index in [9.17, 15) is 19.5 Å². The molecule has 2 aromatic heterocycles.